The van der Waals surface area contributed by atoms with Gasteiger partial charge in [0.05, 0.1) is 10.8 Å². The van der Waals surface area contributed by atoms with Crippen molar-refractivity contribution in [1.29, 1.82) is 0 Å². The van der Waals surface area contributed by atoms with Gasteiger partial charge in [-0.3, -0.25) is 19.7 Å². The Morgan fingerprint density at radius 2 is 1.85 bits per heavy atom. The zero-order valence-electron chi connectivity index (χ0n) is 15.7. The van der Waals surface area contributed by atoms with E-state index in [1.54, 1.807) is 24.8 Å². The summed E-state index contributed by atoms with van der Waals surface area (Å²) in [6, 6.07) is 2.87. The number of urea groups is 1. The lowest BCUT2D eigenvalue weighted by molar-refractivity contribution is -0.159. The summed E-state index contributed by atoms with van der Waals surface area (Å²) < 4.78 is 5.19. The van der Waals surface area contributed by atoms with Crippen molar-refractivity contribution in [3.8, 4) is 0 Å². The number of piperidine rings is 1. The monoisotopic (exact) mass is 395 g/mol. The summed E-state index contributed by atoms with van der Waals surface area (Å²) in [5, 5.41) is 6.52. The third-order valence-electron chi connectivity index (χ3n) is 4.17. The van der Waals surface area contributed by atoms with Gasteiger partial charge in [-0.2, -0.15) is 0 Å². The van der Waals surface area contributed by atoms with Crippen LogP contribution in [0, 0.1) is 5.92 Å². The van der Waals surface area contributed by atoms with Crippen LogP contribution in [0.15, 0.2) is 17.5 Å². The van der Waals surface area contributed by atoms with E-state index in [-0.39, 0.29) is 17.9 Å². The van der Waals surface area contributed by atoms with Crippen molar-refractivity contribution < 1.29 is 23.9 Å². The van der Waals surface area contributed by atoms with Crippen molar-refractivity contribution in [1.82, 2.24) is 15.5 Å². The largest absolute Gasteiger partial charge is 0.452 e. The van der Waals surface area contributed by atoms with E-state index in [1.807, 2.05) is 11.4 Å². The molecule has 1 aromatic rings. The van der Waals surface area contributed by atoms with Crippen molar-refractivity contribution in [3.05, 3.63) is 22.4 Å². The Morgan fingerprint density at radius 3 is 2.41 bits per heavy atom. The molecule has 0 radical (unpaired) electrons. The molecule has 4 amide bonds. The molecule has 0 spiro atoms. The fraction of sp³-hybridized carbons (Fsp3) is 0.556. The minimum Gasteiger partial charge on any atom is -0.452 e. The fourth-order valence-electron chi connectivity index (χ4n) is 2.71. The maximum absolute atomic E-state index is 12.3. The molecule has 1 aliphatic rings. The number of nitrogens with zero attached hydrogens (tertiary/aromatic N) is 1. The van der Waals surface area contributed by atoms with E-state index in [4.69, 9.17) is 4.74 Å². The summed E-state index contributed by atoms with van der Waals surface area (Å²) in [6.45, 7) is 5.89. The first-order valence-corrected chi connectivity index (χ1v) is 9.80. The van der Waals surface area contributed by atoms with Crippen LogP contribution in [0.1, 0.15) is 43.3 Å². The maximum atomic E-state index is 12.3. The summed E-state index contributed by atoms with van der Waals surface area (Å²) in [6.07, 6.45) is -0.0998. The molecule has 27 heavy (non-hydrogen) atoms. The van der Waals surface area contributed by atoms with Gasteiger partial charge >= 0.3 is 12.0 Å². The number of carbonyl (C=O) groups is 4. The molecule has 0 aliphatic carbocycles. The van der Waals surface area contributed by atoms with Gasteiger partial charge in [-0.25, -0.2) is 4.79 Å². The van der Waals surface area contributed by atoms with Gasteiger partial charge in [-0.05, 0) is 45.1 Å². The van der Waals surface area contributed by atoms with E-state index in [9.17, 15) is 19.2 Å². The minimum atomic E-state index is -1.07. The summed E-state index contributed by atoms with van der Waals surface area (Å²) in [4.78, 5) is 50.5. The molecular weight excluding hydrogens is 370 g/mol. The zero-order chi connectivity index (χ0) is 20.0. The van der Waals surface area contributed by atoms with E-state index in [1.165, 1.54) is 18.3 Å². The van der Waals surface area contributed by atoms with Crippen molar-refractivity contribution in [2.24, 2.45) is 5.92 Å². The van der Waals surface area contributed by atoms with Gasteiger partial charge < -0.3 is 15.0 Å². The molecule has 0 unspecified atom stereocenters. The molecule has 8 nitrogen and oxygen atoms in total. The zero-order valence-corrected chi connectivity index (χ0v) is 16.5. The second-order valence-electron chi connectivity index (χ2n) is 6.74. The number of likely N-dealkylation sites (tertiary alicyclic amines) is 1. The number of hydrogen-bond donors (Lipinski definition) is 2. The average molecular weight is 395 g/mol. The molecule has 2 rings (SSSR count). The smallest absolute Gasteiger partial charge is 0.321 e. The van der Waals surface area contributed by atoms with Gasteiger partial charge in [0, 0.05) is 19.1 Å². The maximum Gasteiger partial charge on any atom is 0.321 e. The Morgan fingerprint density at radius 1 is 1.19 bits per heavy atom. The number of amides is 4. The van der Waals surface area contributed by atoms with Crippen LogP contribution in [0.4, 0.5) is 4.79 Å². The summed E-state index contributed by atoms with van der Waals surface area (Å²) in [5.41, 5.74) is 0. The molecule has 1 aromatic heterocycles. The molecule has 1 saturated heterocycles. The SMILES string of the molecule is CC(C)NC(=O)NC(=O)[C@@H](C)OC(=O)C1CCN(C(=O)c2cccs2)CC1. The Hall–Kier alpha value is -2.42. The van der Waals surface area contributed by atoms with Crippen molar-refractivity contribution >= 4 is 35.2 Å². The van der Waals surface area contributed by atoms with Crippen LogP contribution in [-0.4, -0.2) is 54.0 Å². The number of thiophene rings is 1. The number of carbonyl (C=O) groups excluding carboxylic acids is 4. The predicted molar refractivity (Wildman–Crippen MR) is 100 cm³/mol. The third kappa shape index (κ3) is 6.06. The topological polar surface area (TPSA) is 105 Å². The van der Waals surface area contributed by atoms with Crippen molar-refractivity contribution in [2.75, 3.05) is 13.1 Å². The average Bonchev–Trinajstić information content (AvgIpc) is 3.14. The molecule has 0 saturated carbocycles. The molecular formula is C18H25N3O5S. The molecule has 2 N–H and O–H groups in total. The minimum absolute atomic E-state index is 0.0271. The highest BCUT2D eigenvalue weighted by Gasteiger charge is 2.31. The molecule has 1 fully saturated rings. The third-order valence-corrected chi connectivity index (χ3v) is 5.02. The quantitative estimate of drug-likeness (QED) is 0.739. The molecule has 1 aliphatic heterocycles. The Kier molecular flexibility index (Phi) is 7.35. The number of rotatable bonds is 5. The second kappa shape index (κ2) is 9.50. The van der Waals surface area contributed by atoms with E-state index in [2.05, 4.69) is 10.6 Å². The standard InChI is InChI=1S/C18H25N3O5S/c1-11(2)19-18(25)20-15(22)12(3)26-17(24)13-6-8-21(9-7-13)16(23)14-5-4-10-27-14/h4-5,10-13H,6-9H2,1-3H3,(H2,19,20,22,25)/t12-/m1/s1. The van der Waals surface area contributed by atoms with Gasteiger partial charge in [0.15, 0.2) is 6.10 Å². The lowest BCUT2D eigenvalue weighted by atomic mass is 9.97. The highest BCUT2D eigenvalue weighted by atomic mass is 32.1. The van der Waals surface area contributed by atoms with Crippen LogP contribution in [0.2, 0.25) is 0 Å². The van der Waals surface area contributed by atoms with E-state index in [0.29, 0.717) is 30.8 Å². The second-order valence-corrected chi connectivity index (χ2v) is 7.69. The predicted octanol–water partition coefficient (Wildman–Crippen LogP) is 1.77. The molecule has 0 bridgehead atoms. The first kappa shape index (κ1) is 20.9. The lowest BCUT2D eigenvalue weighted by Crippen LogP contribution is -2.47. The summed E-state index contributed by atoms with van der Waals surface area (Å²) in [7, 11) is 0. The number of hydrogen-bond acceptors (Lipinski definition) is 6. The molecule has 2 heterocycles. The molecule has 9 heteroatoms. The number of imide groups is 1. The van der Waals surface area contributed by atoms with Crippen molar-refractivity contribution in [3.63, 3.8) is 0 Å². The Bertz CT molecular complexity index is 681. The number of ether oxygens (including phenoxy) is 1. The lowest BCUT2D eigenvalue weighted by Gasteiger charge is -2.31. The first-order chi connectivity index (χ1) is 12.8. The number of nitrogens with one attached hydrogen (secondary N) is 2. The van der Waals surface area contributed by atoms with E-state index < -0.39 is 24.0 Å². The Balaban J connectivity index is 1.77. The van der Waals surface area contributed by atoms with Crippen LogP contribution in [0.5, 0.6) is 0 Å². The van der Waals surface area contributed by atoms with E-state index in [0.717, 1.165) is 0 Å². The van der Waals surface area contributed by atoms with Crippen LogP contribution < -0.4 is 10.6 Å². The molecule has 1 atom stereocenters. The molecule has 148 valence electrons. The summed E-state index contributed by atoms with van der Waals surface area (Å²) in [5.74, 6) is -1.55. The molecule has 0 aromatic carbocycles. The van der Waals surface area contributed by atoms with Gasteiger partial charge in [-0.15, -0.1) is 11.3 Å². The normalized spacial score (nSPS) is 15.9. The van der Waals surface area contributed by atoms with Crippen LogP contribution in [0.3, 0.4) is 0 Å². The van der Waals surface area contributed by atoms with Gasteiger partial charge in [0.1, 0.15) is 0 Å². The first-order valence-electron chi connectivity index (χ1n) is 8.92. The van der Waals surface area contributed by atoms with Gasteiger partial charge in [0.2, 0.25) is 0 Å². The van der Waals surface area contributed by atoms with Crippen LogP contribution >= 0.6 is 11.3 Å². The van der Waals surface area contributed by atoms with Crippen molar-refractivity contribution in [2.45, 2.75) is 45.8 Å². The van der Waals surface area contributed by atoms with Crippen LogP contribution in [-0.2, 0) is 14.3 Å². The Labute approximate surface area is 162 Å². The highest BCUT2D eigenvalue weighted by Crippen LogP contribution is 2.22. The van der Waals surface area contributed by atoms with Crippen LogP contribution in [0.25, 0.3) is 0 Å². The highest BCUT2D eigenvalue weighted by molar-refractivity contribution is 7.12. The number of esters is 1. The van der Waals surface area contributed by atoms with Gasteiger partial charge in [-0.1, -0.05) is 6.07 Å². The van der Waals surface area contributed by atoms with Gasteiger partial charge in [0.25, 0.3) is 11.8 Å². The van der Waals surface area contributed by atoms with E-state index >= 15 is 0 Å². The fourth-order valence-corrected chi connectivity index (χ4v) is 3.40. The summed E-state index contributed by atoms with van der Waals surface area (Å²) >= 11 is 1.39.